The standard InChI is InChI=1S/C25H26N4O3S/c26-22-5-1-2-6-23(22)27-24(30)12-9-19-7-10-20(11-8-19)28-13-15-29(16-14-28)25(31)32-18-21-4-3-17-33-21/h1-12,17H,13-16,18,26H2,(H,27,30)/b12-9+. The van der Waals surface area contributed by atoms with Gasteiger partial charge in [0.15, 0.2) is 0 Å². The minimum absolute atomic E-state index is 0.237. The molecule has 1 aliphatic rings. The highest BCUT2D eigenvalue weighted by molar-refractivity contribution is 7.09. The predicted molar refractivity (Wildman–Crippen MR) is 133 cm³/mol. The van der Waals surface area contributed by atoms with Crippen molar-refractivity contribution < 1.29 is 14.3 Å². The van der Waals surface area contributed by atoms with Crippen LogP contribution >= 0.6 is 11.3 Å². The molecule has 170 valence electrons. The molecule has 0 radical (unpaired) electrons. The number of nitrogen functional groups attached to an aromatic ring is 1. The van der Waals surface area contributed by atoms with Crippen LogP contribution in [0, 0.1) is 0 Å². The van der Waals surface area contributed by atoms with E-state index in [1.165, 1.54) is 6.08 Å². The van der Waals surface area contributed by atoms with Crippen molar-refractivity contribution in [1.29, 1.82) is 0 Å². The fourth-order valence-corrected chi connectivity index (χ4v) is 4.14. The van der Waals surface area contributed by atoms with E-state index in [1.54, 1.807) is 34.4 Å². The van der Waals surface area contributed by atoms with Gasteiger partial charge in [-0.3, -0.25) is 4.79 Å². The molecule has 4 rings (SSSR count). The van der Waals surface area contributed by atoms with Crippen LogP contribution in [0.5, 0.6) is 0 Å². The number of anilines is 3. The van der Waals surface area contributed by atoms with E-state index >= 15 is 0 Å². The second-order valence-corrected chi connectivity index (χ2v) is 8.64. The number of carbonyl (C=O) groups is 2. The second kappa shape index (κ2) is 10.7. The molecule has 0 unspecified atom stereocenters. The summed E-state index contributed by atoms with van der Waals surface area (Å²) in [6.07, 6.45) is 2.99. The van der Waals surface area contributed by atoms with Gasteiger partial charge < -0.3 is 25.6 Å². The molecule has 0 aliphatic carbocycles. The molecule has 0 bridgehead atoms. The number of thiophene rings is 1. The van der Waals surface area contributed by atoms with Crippen molar-refractivity contribution in [2.45, 2.75) is 6.61 Å². The zero-order valence-corrected chi connectivity index (χ0v) is 19.0. The molecule has 0 saturated carbocycles. The molecule has 2 aromatic carbocycles. The van der Waals surface area contributed by atoms with E-state index in [-0.39, 0.29) is 12.0 Å². The van der Waals surface area contributed by atoms with E-state index in [0.29, 0.717) is 31.1 Å². The Morgan fingerprint density at radius 1 is 1.00 bits per heavy atom. The second-order valence-electron chi connectivity index (χ2n) is 7.61. The lowest BCUT2D eigenvalue weighted by atomic mass is 10.1. The van der Waals surface area contributed by atoms with Crippen LogP contribution in [0.2, 0.25) is 0 Å². The Kier molecular flexibility index (Phi) is 7.26. The van der Waals surface area contributed by atoms with Crippen molar-refractivity contribution in [3.63, 3.8) is 0 Å². The van der Waals surface area contributed by atoms with Crippen LogP contribution in [0.15, 0.2) is 72.1 Å². The number of ether oxygens (including phenoxy) is 1. The number of piperazine rings is 1. The first kappa shape index (κ1) is 22.4. The number of hydrogen-bond acceptors (Lipinski definition) is 6. The fourth-order valence-electron chi connectivity index (χ4n) is 3.52. The average Bonchev–Trinajstić information content (AvgIpc) is 3.37. The maximum atomic E-state index is 12.3. The molecule has 1 fully saturated rings. The maximum absolute atomic E-state index is 12.3. The summed E-state index contributed by atoms with van der Waals surface area (Å²) in [4.78, 5) is 29.5. The number of nitrogens with one attached hydrogen (secondary N) is 1. The summed E-state index contributed by atoms with van der Waals surface area (Å²) in [6, 6.07) is 19.0. The van der Waals surface area contributed by atoms with Gasteiger partial charge in [0.25, 0.3) is 0 Å². The third kappa shape index (κ3) is 6.14. The number of benzene rings is 2. The van der Waals surface area contributed by atoms with Gasteiger partial charge in [0, 0.05) is 42.8 Å². The monoisotopic (exact) mass is 462 g/mol. The van der Waals surface area contributed by atoms with Crippen LogP contribution in [-0.2, 0) is 16.1 Å². The number of amides is 2. The minimum atomic E-state index is -0.265. The topological polar surface area (TPSA) is 87.9 Å². The van der Waals surface area contributed by atoms with Crippen LogP contribution in [0.1, 0.15) is 10.4 Å². The summed E-state index contributed by atoms with van der Waals surface area (Å²) < 4.78 is 5.40. The summed E-state index contributed by atoms with van der Waals surface area (Å²) in [6.45, 7) is 3.04. The maximum Gasteiger partial charge on any atom is 0.410 e. The van der Waals surface area contributed by atoms with E-state index in [4.69, 9.17) is 10.5 Å². The van der Waals surface area contributed by atoms with Gasteiger partial charge in [-0.25, -0.2) is 4.79 Å². The molecule has 7 nitrogen and oxygen atoms in total. The van der Waals surface area contributed by atoms with Crippen molar-refractivity contribution in [1.82, 2.24) is 4.90 Å². The molecule has 8 heteroatoms. The van der Waals surface area contributed by atoms with E-state index in [0.717, 1.165) is 29.2 Å². The quantitative estimate of drug-likeness (QED) is 0.418. The first-order valence-electron chi connectivity index (χ1n) is 10.7. The highest BCUT2D eigenvalue weighted by Crippen LogP contribution is 2.20. The summed E-state index contributed by atoms with van der Waals surface area (Å²) in [7, 11) is 0. The molecule has 3 aromatic rings. The Morgan fingerprint density at radius 2 is 1.76 bits per heavy atom. The molecule has 1 aliphatic heterocycles. The Morgan fingerprint density at radius 3 is 2.45 bits per heavy atom. The highest BCUT2D eigenvalue weighted by Gasteiger charge is 2.22. The Balaban J connectivity index is 1.24. The van der Waals surface area contributed by atoms with E-state index in [9.17, 15) is 9.59 Å². The first-order chi connectivity index (χ1) is 16.1. The molecule has 1 saturated heterocycles. The van der Waals surface area contributed by atoms with Crippen LogP contribution in [0.3, 0.4) is 0 Å². The zero-order chi connectivity index (χ0) is 23.0. The molecular weight excluding hydrogens is 436 g/mol. The predicted octanol–water partition coefficient (Wildman–Crippen LogP) is 4.44. The third-order valence-electron chi connectivity index (χ3n) is 5.36. The van der Waals surface area contributed by atoms with Crippen LogP contribution in [-0.4, -0.2) is 43.1 Å². The number of hydrogen-bond donors (Lipinski definition) is 2. The molecule has 1 aromatic heterocycles. The number of carbonyl (C=O) groups excluding carboxylic acids is 2. The van der Waals surface area contributed by atoms with Gasteiger partial charge in [-0.15, -0.1) is 11.3 Å². The zero-order valence-electron chi connectivity index (χ0n) is 18.1. The summed E-state index contributed by atoms with van der Waals surface area (Å²) in [5, 5.41) is 4.74. The van der Waals surface area contributed by atoms with Crippen molar-refractivity contribution in [3.8, 4) is 0 Å². The minimum Gasteiger partial charge on any atom is -0.444 e. The van der Waals surface area contributed by atoms with Gasteiger partial charge in [-0.2, -0.15) is 0 Å². The van der Waals surface area contributed by atoms with E-state index in [1.807, 2.05) is 53.9 Å². The lowest BCUT2D eigenvalue weighted by Crippen LogP contribution is -2.48. The first-order valence-corrected chi connectivity index (χ1v) is 11.6. The summed E-state index contributed by atoms with van der Waals surface area (Å²) in [5.41, 5.74) is 8.98. The van der Waals surface area contributed by atoms with Gasteiger partial charge in [-0.05, 0) is 47.4 Å². The van der Waals surface area contributed by atoms with Crippen LogP contribution in [0.4, 0.5) is 21.9 Å². The molecule has 2 heterocycles. The average molecular weight is 463 g/mol. The normalized spacial score (nSPS) is 13.8. The Bertz CT molecular complexity index is 1100. The smallest absolute Gasteiger partial charge is 0.410 e. The number of nitrogens with two attached hydrogens (primary N) is 1. The van der Waals surface area contributed by atoms with Gasteiger partial charge in [0.1, 0.15) is 6.61 Å². The molecule has 0 spiro atoms. The van der Waals surface area contributed by atoms with Crippen molar-refractivity contribution in [2.75, 3.05) is 42.1 Å². The van der Waals surface area contributed by atoms with Gasteiger partial charge >= 0.3 is 6.09 Å². The van der Waals surface area contributed by atoms with Crippen LogP contribution in [0.25, 0.3) is 6.08 Å². The van der Waals surface area contributed by atoms with Gasteiger partial charge in [-0.1, -0.05) is 30.3 Å². The van der Waals surface area contributed by atoms with Gasteiger partial charge in [0.05, 0.1) is 11.4 Å². The molecule has 2 amide bonds. The molecular formula is C25H26N4O3S. The van der Waals surface area contributed by atoms with Crippen LogP contribution < -0.4 is 16.0 Å². The largest absolute Gasteiger partial charge is 0.444 e. The van der Waals surface area contributed by atoms with Crippen molar-refractivity contribution in [2.24, 2.45) is 0 Å². The molecule has 33 heavy (non-hydrogen) atoms. The van der Waals surface area contributed by atoms with E-state index < -0.39 is 0 Å². The third-order valence-corrected chi connectivity index (χ3v) is 6.21. The summed E-state index contributed by atoms with van der Waals surface area (Å²) in [5.74, 6) is -0.237. The Labute approximate surface area is 197 Å². The lowest BCUT2D eigenvalue weighted by molar-refractivity contribution is -0.111. The van der Waals surface area contributed by atoms with Gasteiger partial charge in [0.2, 0.25) is 5.91 Å². The fraction of sp³-hybridized carbons (Fsp3) is 0.200. The number of para-hydroxylation sites is 2. The number of nitrogens with zero attached hydrogens (tertiary/aromatic N) is 2. The Hall–Kier alpha value is -3.78. The number of rotatable bonds is 6. The lowest BCUT2D eigenvalue weighted by Gasteiger charge is -2.35. The van der Waals surface area contributed by atoms with Crippen molar-refractivity contribution >= 4 is 46.5 Å². The summed E-state index contributed by atoms with van der Waals surface area (Å²) >= 11 is 1.58. The molecule has 3 N–H and O–H groups in total. The van der Waals surface area contributed by atoms with E-state index in [2.05, 4.69) is 10.2 Å². The molecule has 0 atom stereocenters. The SMILES string of the molecule is Nc1ccccc1NC(=O)/C=C/c1ccc(N2CCN(C(=O)OCc3cccs3)CC2)cc1. The van der Waals surface area contributed by atoms with Crippen molar-refractivity contribution in [3.05, 3.63) is 82.6 Å². The highest BCUT2D eigenvalue weighted by atomic mass is 32.1.